The Kier molecular flexibility index (Phi) is 23.3. The average molecular weight is 1430 g/mol. The number of nitrogens with two attached hydrogens (primary N) is 1. The van der Waals surface area contributed by atoms with E-state index in [4.69, 9.17) is 15.2 Å². The maximum atomic E-state index is 15.3. The van der Waals surface area contributed by atoms with E-state index in [1.807, 2.05) is 69.7 Å². The summed E-state index contributed by atoms with van der Waals surface area (Å²) in [6, 6.07) is 23.7. The van der Waals surface area contributed by atoms with Crippen LogP contribution in [0.2, 0.25) is 0 Å². The molecular weight excluding hydrogens is 1340 g/mol. The number of fused-ring (bicyclic) bond motifs is 4. The van der Waals surface area contributed by atoms with Crippen molar-refractivity contribution in [3.05, 3.63) is 154 Å². The number of carboxylic acids is 1. The van der Waals surface area contributed by atoms with Crippen LogP contribution in [0.3, 0.4) is 0 Å². The van der Waals surface area contributed by atoms with Crippen molar-refractivity contribution < 1.29 is 34.1 Å². The number of aromatic hydroxyl groups is 1. The largest absolute Gasteiger partial charge is 0.506 e. The number of likely N-dealkylation sites (tertiary alicyclic amines) is 3. The summed E-state index contributed by atoms with van der Waals surface area (Å²) in [5.74, 6) is -5.46. The molecule has 13 rings (SSSR count). The minimum atomic E-state index is -1.70. The molecular formula is C71H86Cl5N11O10. The van der Waals surface area contributed by atoms with Gasteiger partial charge in [0, 0.05) is 138 Å². The standard InChI is InChI=1S/C71H81N11O10.5ClH/c1-9-49-59(38-15-18-53-42(26-38)29-46(77(53)6)34-80-23-13-24-80)74-65(84)56(62(49)83)69(89)92-64-51(11-3)61(40-17-19-54-43(28-40)30-47(78(54)7)35-81-25-21-45(33-81)71(4,5)72)76-67(86)58(64)70(90)91-63-50(10-2)60(75-66(85)57(63)68(87)88)39-16-20-55-44(27-39)31-48(79(55)8)36-82-32-41-14-12-22-73-52(41)37-82;;;;;/h15-20,26-31,41,45,52,73H,9-14,21-25,32-37,72H2,1-8H3,(H,75,85)(H,76,86)(H,87,88)(H2,74,83,84);5*1H. The number of aromatic nitrogens is 6. The zero-order valence-electron chi connectivity index (χ0n) is 55.6. The Hall–Kier alpha value is -7.41. The van der Waals surface area contributed by atoms with E-state index < -0.39 is 68.5 Å². The van der Waals surface area contributed by atoms with E-state index in [9.17, 15) is 24.6 Å². The number of hydrogen-bond acceptors (Lipinski definition) is 14. The number of halogens is 5. The molecule has 4 aliphatic heterocycles. The van der Waals surface area contributed by atoms with Crippen molar-refractivity contribution in [2.24, 2.45) is 38.7 Å². The molecule has 21 nitrogen and oxygen atoms in total. The minimum absolute atomic E-state index is 0. The number of carbonyl (C=O) groups is 3. The fourth-order valence-corrected chi connectivity index (χ4v) is 14.9. The van der Waals surface area contributed by atoms with Gasteiger partial charge in [0.1, 0.15) is 5.75 Å². The highest BCUT2D eigenvalue weighted by atomic mass is 35.5. The van der Waals surface area contributed by atoms with Crippen molar-refractivity contribution >= 4 is 113 Å². The monoisotopic (exact) mass is 1430 g/mol. The molecule has 4 fully saturated rings. The van der Waals surface area contributed by atoms with Crippen molar-refractivity contribution in [3.63, 3.8) is 0 Å². The zero-order chi connectivity index (χ0) is 64.8. The van der Waals surface area contributed by atoms with Crippen LogP contribution in [0.4, 0.5) is 0 Å². The molecule has 0 bridgehead atoms. The Labute approximate surface area is 592 Å². The number of aryl methyl sites for hydroxylation is 3. The number of piperidine rings is 1. The van der Waals surface area contributed by atoms with Crippen molar-refractivity contribution in [1.29, 1.82) is 0 Å². The van der Waals surface area contributed by atoms with Crippen LogP contribution in [0.15, 0.2) is 87.2 Å². The summed E-state index contributed by atoms with van der Waals surface area (Å²) in [6.45, 7) is 18.4. The molecule has 9 aromatic rings. The number of benzene rings is 3. The number of nitrogens with one attached hydrogen (secondary N) is 4. The third kappa shape index (κ3) is 14.0. The van der Waals surface area contributed by atoms with Gasteiger partial charge in [-0.2, -0.15) is 0 Å². The second-order valence-corrected chi connectivity index (χ2v) is 26.4. The van der Waals surface area contributed by atoms with Crippen LogP contribution in [0.5, 0.6) is 17.2 Å². The van der Waals surface area contributed by atoms with E-state index >= 15 is 14.4 Å². The molecule has 4 saturated heterocycles. The maximum absolute atomic E-state index is 15.3. The highest BCUT2D eigenvalue weighted by Crippen LogP contribution is 2.40. The number of aromatic amines is 3. The highest BCUT2D eigenvalue weighted by Gasteiger charge is 2.37. The Balaban J connectivity index is 0.00000240. The van der Waals surface area contributed by atoms with E-state index in [0.717, 1.165) is 122 Å². The second kappa shape index (κ2) is 30.0. The van der Waals surface area contributed by atoms with Gasteiger partial charge in [0.2, 0.25) is 0 Å². The fourth-order valence-electron chi connectivity index (χ4n) is 14.9. The van der Waals surface area contributed by atoms with E-state index in [0.29, 0.717) is 46.8 Å². The predicted molar refractivity (Wildman–Crippen MR) is 391 cm³/mol. The number of aromatic carboxylic acids is 1. The number of esters is 2. The Morgan fingerprint density at radius 1 is 0.546 bits per heavy atom. The van der Waals surface area contributed by atoms with E-state index in [2.05, 4.69) is 80.7 Å². The highest BCUT2D eigenvalue weighted by molar-refractivity contribution is 6.02. The molecule has 3 atom stereocenters. The number of H-pyrrole nitrogens is 3. The summed E-state index contributed by atoms with van der Waals surface area (Å²) in [5, 5.41) is 29.2. The summed E-state index contributed by atoms with van der Waals surface area (Å²) >= 11 is 0. The molecule has 10 heterocycles. The summed E-state index contributed by atoms with van der Waals surface area (Å²) in [4.78, 5) is 103. The van der Waals surface area contributed by atoms with Gasteiger partial charge >= 0.3 is 17.9 Å². The lowest BCUT2D eigenvalue weighted by Crippen LogP contribution is -2.42. The lowest BCUT2D eigenvalue weighted by Gasteiger charge is -2.30. The van der Waals surface area contributed by atoms with E-state index in [1.54, 1.807) is 26.8 Å². The molecule has 6 aromatic heterocycles. The van der Waals surface area contributed by atoms with Gasteiger partial charge in [0.25, 0.3) is 16.7 Å². The lowest BCUT2D eigenvalue weighted by molar-refractivity contribution is 0.0677. The number of carboxylic acid groups (broad SMARTS) is 1. The lowest BCUT2D eigenvalue weighted by atomic mass is 9.88. The summed E-state index contributed by atoms with van der Waals surface area (Å²) in [7, 11) is 6.02. The minimum Gasteiger partial charge on any atom is -0.506 e. The van der Waals surface area contributed by atoms with Crippen LogP contribution in [0.1, 0.15) is 125 Å². The number of hydrogen-bond donors (Lipinski definition) is 7. The molecule has 3 aromatic carbocycles. The first-order valence-electron chi connectivity index (χ1n) is 32.3. The van der Waals surface area contributed by atoms with Crippen molar-refractivity contribution in [3.8, 4) is 51.0 Å². The molecule has 4 aliphatic rings. The van der Waals surface area contributed by atoms with Crippen LogP contribution >= 0.6 is 62.0 Å². The van der Waals surface area contributed by atoms with Crippen LogP contribution in [0, 0.1) is 11.8 Å². The average Bonchev–Trinajstić information content (AvgIpc) is 1.37. The van der Waals surface area contributed by atoms with Gasteiger partial charge in [-0.25, -0.2) is 14.4 Å². The van der Waals surface area contributed by atoms with Gasteiger partial charge in [-0.05, 0) is 168 Å². The first-order valence-corrected chi connectivity index (χ1v) is 32.3. The molecule has 26 heteroatoms. The number of nitrogens with zero attached hydrogens (tertiary/aromatic N) is 6. The molecule has 0 aliphatic carbocycles. The van der Waals surface area contributed by atoms with Crippen molar-refractivity contribution in [1.82, 2.24) is 48.7 Å². The third-order valence-electron chi connectivity index (χ3n) is 20.3. The van der Waals surface area contributed by atoms with Gasteiger partial charge in [-0.1, -0.05) is 39.0 Å². The van der Waals surface area contributed by atoms with Crippen LogP contribution in [-0.4, -0.2) is 129 Å². The summed E-state index contributed by atoms with van der Waals surface area (Å²) < 4.78 is 18.7. The third-order valence-corrected chi connectivity index (χ3v) is 20.3. The van der Waals surface area contributed by atoms with Gasteiger partial charge in [-0.15, -0.1) is 62.0 Å². The van der Waals surface area contributed by atoms with Gasteiger partial charge < -0.3 is 59.4 Å². The quantitative estimate of drug-likeness (QED) is 0.0394. The molecule has 8 N–H and O–H groups in total. The second-order valence-electron chi connectivity index (χ2n) is 26.4. The molecule has 0 spiro atoms. The number of carbonyl (C=O) groups excluding carboxylic acids is 2. The molecule has 0 amide bonds. The molecule has 0 radical (unpaired) electrons. The van der Waals surface area contributed by atoms with Gasteiger partial charge in [0.15, 0.2) is 28.2 Å². The summed E-state index contributed by atoms with van der Waals surface area (Å²) in [6.07, 6.45) is 4.74. The number of rotatable bonds is 18. The number of pyridine rings is 3. The Morgan fingerprint density at radius 2 is 0.979 bits per heavy atom. The van der Waals surface area contributed by atoms with Crippen LogP contribution < -0.4 is 37.2 Å². The summed E-state index contributed by atoms with van der Waals surface area (Å²) in [5.41, 5.74) is 9.41. The van der Waals surface area contributed by atoms with Crippen molar-refractivity contribution in [2.75, 3.05) is 45.8 Å². The Morgan fingerprint density at radius 3 is 1.41 bits per heavy atom. The predicted octanol–water partition coefficient (Wildman–Crippen LogP) is 10.8. The van der Waals surface area contributed by atoms with Gasteiger partial charge in [0.05, 0.1) is 17.1 Å². The molecule has 520 valence electrons. The first-order chi connectivity index (χ1) is 44.1. The van der Waals surface area contributed by atoms with Gasteiger partial charge in [-0.3, -0.25) is 29.1 Å². The van der Waals surface area contributed by atoms with Crippen LogP contribution in [0.25, 0.3) is 66.5 Å². The van der Waals surface area contributed by atoms with Crippen LogP contribution in [-0.2, 0) is 60.0 Å². The molecule has 3 unspecified atom stereocenters. The van der Waals surface area contributed by atoms with E-state index in [-0.39, 0.29) is 115 Å². The Bertz CT molecular complexity index is 4680. The maximum Gasteiger partial charge on any atom is 0.353 e. The van der Waals surface area contributed by atoms with E-state index in [1.165, 1.54) is 12.8 Å². The SMILES string of the molecule is CCc1c(-c2ccc3c(c2)cc(CN2CCC2)n3C)[nH]c(=O)c(C(=O)Oc2c(CC)c(-c3ccc4c(c3)cc(CN3CCC(C(C)(C)N)C3)n4C)[nH]c(=O)c2C(=O)Oc2c(CC)c(-c3ccc4c(c3)cc(CN3CC5CCCNC5C3)n4C)[nH]c(=O)c2C(=O)O)c1O.Cl.Cl.Cl.Cl.Cl. The smallest absolute Gasteiger partial charge is 0.353 e. The normalized spacial score (nSPS) is 17.2. The topological polar surface area (TPSA) is 271 Å². The fraction of sp³-hybridized carbons (Fsp3) is 0.408. The van der Waals surface area contributed by atoms with Crippen molar-refractivity contribution in [2.45, 2.75) is 111 Å². The molecule has 97 heavy (non-hydrogen) atoms. The molecule has 0 saturated carbocycles. The first kappa shape index (κ1) is 75.4. The zero-order valence-corrected chi connectivity index (χ0v) is 59.7. The number of ether oxygens (including phenoxy) is 2.